The van der Waals surface area contributed by atoms with E-state index in [4.69, 9.17) is 5.84 Å². The van der Waals surface area contributed by atoms with Crippen molar-refractivity contribution in [2.75, 3.05) is 12.5 Å². The van der Waals surface area contributed by atoms with Crippen molar-refractivity contribution in [3.8, 4) is 0 Å². The molecule has 0 saturated carbocycles. The molecule has 0 aliphatic heterocycles. The molecule has 0 spiro atoms. The summed E-state index contributed by atoms with van der Waals surface area (Å²) in [4.78, 5) is 11.1. The Kier molecular flexibility index (Phi) is 2.66. The highest BCUT2D eigenvalue weighted by Crippen LogP contribution is 2.08. The number of hydrogen-bond acceptors (Lipinski definition) is 3. The fourth-order valence-corrected chi connectivity index (χ4v) is 0.895. The zero-order valence-corrected chi connectivity index (χ0v) is 6.79. The molecule has 1 amide bonds. The molecular weight excluding hydrogens is 154 g/mol. The largest absolute Gasteiger partial charge is 0.355 e. The predicted octanol–water partition coefficient (Wildman–Crippen LogP) is 0.332. The first-order valence-electron chi connectivity index (χ1n) is 3.56. The van der Waals surface area contributed by atoms with Crippen molar-refractivity contribution >= 4 is 11.6 Å². The lowest BCUT2D eigenvalue weighted by molar-refractivity contribution is 0.0963. The lowest BCUT2D eigenvalue weighted by Crippen LogP contribution is -2.18. The van der Waals surface area contributed by atoms with Crippen LogP contribution < -0.4 is 16.6 Å². The van der Waals surface area contributed by atoms with E-state index >= 15 is 0 Å². The molecule has 1 aromatic rings. The van der Waals surface area contributed by atoms with Crippen LogP contribution in [0, 0.1) is 0 Å². The molecule has 0 aromatic heterocycles. The monoisotopic (exact) mass is 165 g/mol. The van der Waals surface area contributed by atoms with E-state index in [9.17, 15) is 4.79 Å². The van der Waals surface area contributed by atoms with Gasteiger partial charge in [-0.2, -0.15) is 0 Å². The summed E-state index contributed by atoms with van der Waals surface area (Å²) in [5.41, 5.74) is 3.78. The van der Waals surface area contributed by atoms with Crippen LogP contribution >= 0.6 is 0 Å². The van der Waals surface area contributed by atoms with E-state index < -0.39 is 0 Å². The molecule has 12 heavy (non-hydrogen) atoms. The minimum absolute atomic E-state index is 0.118. The standard InChI is InChI=1S/C8H11N3O/c1-10-8(12)6-3-2-4-7(5-6)11-9/h2-5,11H,9H2,1H3,(H,10,12). The quantitative estimate of drug-likeness (QED) is 0.437. The molecule has 0 saturated heterocycles. The number of nitrogens with one attached hydrogen (secondary N) is 2. The number of benzene rings is 1. The number of hydrogen-bond donors (Lipinski definition) is 3. The molecule has 4 nitrogen and oxygen atoms in total. The first-order chi connectivity index (χ1) is 5.77. The highest BCUT2D eigenvalue weighted by molar-refractivity contribution is 5.94. The van der Waals surface area contributed by atoms with Crippen molar-refractivity contribution in [2.45, 2.75) is 0 Å². The smallest absolute Gasteiger partial charge is 0.251 e. The van der Waals surface area contributed by atoms with Crippen LogP contribution in [-0.2, 0) is 0 Å². The van der Waals surface area contributed by atoms with Crippen LogP contribution in [0.5, 0.6) is 0 Å². The second-order valence-electron chi connectivity index (χ2n) is 2.30. The maximum absolute atomic E-state index is 11.1. The van der Waals surface area contributed by atoms with Gasteiger partial charge in [0.25, 0.3) is 5.91 Å². The van der Waals surface area contributed by atoms with E-state index in [1.807, 2.05) is 0 Å². The number of nitrogen functional groups attached to an aromatic ring is 1. The van der Waals surface area contributed by atoms with Crippen molar-refractivity contribution in [2.24, 2.45) is 5.84 Å². The zero-order valence-electron chi connectivity index (χ0n) is 6.79. The summed E-state index contributed by atoms with van der Waals surface area (Å²) < 4.78 is 0. The van der Waals surface area contributed by atoms with Crippen molar-refractivity contribution in [1.29, 1.82) is 0 Å². The Morgan fingerprint density at radius 3 is 2.83 bits per heavy atom. The Labute approximate surface area is 70.7 Å². The van der Waals surface area contributed by atoms with Crippen molar-refractivity contribution in [3.63, 3.8) is 0 Å². The average molecular weight is 165 g/mol. The number of carbonyl (C=O) groups is 1. The summed E-state index contributed by atoms with van der Waals surface area (Å²) in [7, 11) is 1.59. The topological polar surface area (TPSA) is 67.2 Å². The van der Waals surface area contributed by atoms with Crippen LogP contribution in [0.1, 0.15) is 10.4 Å². The van der Waals surface area contributed by atoms with E-state index in [1.165, 1.54) is 0 Å². The minimum Gasteiger partial charge on any atom is -0.355 e. The summed E-state index contributed by atoms with van der Waals surface area (Å²) in [6, 6.07) is 6.95. The molecule has 0 heterocycles. The van der Waals surface area contributed by atoms with Gasteiger partial charge in [0.2, 0.25) is 0 Å². The molecule has 4 N–H and O–H groups in total. The Hall–Kier alpha value is -1.55. The average Bonchev–Trinajstić information content (AvgIpc) is 2.17. The summed E-state index contributed by atoms with van der Waals surface area (Å²) >= 11 is 0. The first kappa shape index (κ1) is 8.55. The SMILES string of the molecule is CNC(=O)c1cccc(NN)c1. The third-order valence-electron chi connectivity index (χ3n) is 1.52. The van der Waals surface area contributed by atoms with Gasteiger partial charge in [-0.1, -0.05) is 6.07 Å². The summed E-state index contributed by atoms with van der Waals surface area (Å²) in [5.74, 6) is 5.06. The molecular formula is C8H11N3O. The van der Waals surface area contributed by atoms with Crippen molar-refractivity contribution in [3.05, 3.63) is 29.8 Å². The molecule has 64 valence electrons. The van der Waals surface area contributed by atoms with Gasteiger partial charge in [-0.3, -0.25) is 10.6 Å². The van der Waals surface area contributed by atoms with Crippen LogP contribution in [0.15, 0.2) is 24.3 Å². The summed E-state index contributed by atoms with van der Waals surface area (Å²) in [6.07, 6.45) is 0. The lowest BCUT2D eigenvalue weighted by Gasteiger charge is -2.02. The number of anilines is 1. The van der Waals surface area contributed by atoms with Crippen molar-refractivity contribution < 1.29 is 4.79 Å². The number of carbonyl (C=O) groups excluding carboxylic acids is 1. The third-order valence-corrected chi connectivity index (χ3v) is 1.52. The fraction of sp³-hybridized carbons (Fsp3) is 0.125. The van der Waals surface area contributed by atoms with Gasteiger partial charge in [0, 0.05) is 18.3 Å². The summed E-state index contributed by atoms with van der Waals surface area (Å²) in [6.45, 7) is 0. The van der Waals surface area contributed by atoms with Gasteiger partial charge in [0.1, 0.15) is 0 Å². The second-order valence-corrected chi connectivity index (χ2v) is 2.30. The van der Waals surface area contributed by atoms with E-state index in [2.05, 4.69) is 10.7 Å². The zero-order chi connectivity index (χ0) is 8.97. The van der Waals surface area contributed by atoms with Crippen LogP contribution in [0.2, 0.25) is 0 Å². The molecule has 1 aromatic carbocycles. The van der Waals surface area contributed by atoms with Gasteiger partial charge in [0.05, 0.1) is 0 Å². The van der Waals surface area contributed by atoms with Gasteiger partial charge in [0.15, 0.2) is 0 Å². The van der Waals surface area contributed by atoms with Gasteiger partial charge >= 0.3 is 0 Å². The maximum atomic E-state index is 11.1. The molecule has 4 heteroatoms. The Morgan fingerprint density at radius 2 is 2.25 bits per heavy atom. The van der Waals surface area contributed by atoms with Crippen LogP contribution in [0.25, 0.3) is 0 Å². The number of rotatable bonds is 2. The second kappa shape index (κ2) is 3.73. The summed E-state index contributed by atoms with van der Waals surface area (Å²) in [5, 5.41) is 2.53. The Bertz CT molecular complexity index is 285. The molecule has 0 fully saturated rings. The number of nitrogens with two attached hydrogens (primary N) is 1. The normalized spacial score (nSPS) is 9.17. The number of hydrazine groups is 1. The molecule has 0 radical (unpaired) electrons. The molecule has 0 aliphatic rings. The lowest BCUT2D eigenvalue weighted by atomic mass is 10.2. The maximum Gasteiger partial charge on any atom is 0.251 e. The van der Waals surface area contributed by atoms with E-state index in [-0.39, 0.29) is 5.91 Å². The first-order valence-corrected chi connectivity index (χ1v) is 3.56. The van der Waals surface area contributed by atoms with Gasteiger partial charge in [-0.15, -0.1) is 0 Å². The highest BCUT2D eigenvalue weighted by Gasteiger charge is 2.01. The molecule has 0 bridgehead atoms. The fourth-order valence-electron chi connectivity index (χ4n) is 0.895. The van der Waals surface area contributed by atoms with Gasteiger partial charge in [-0.05, 0) is 18.2 Å². The molecule has 1 rings (SSSR count). The predicted molar refractivity (Wildman–Crippen MR) is 47.6 cm³/mol. The van der Waals surface area contributed by atoms with E-state index in [1.54, 1.807) is 31.3 Å². The van der Waals surface area contributed by atoms with Gasteiger partial charge < -0.3 is 10.7 Å². The van der Waals surface area contributed by atoms with E-state index in [0.717, 1.165) is 5.69 Å². The Balaban J connectivity index is 2.93. The van der Waals surface area contributed by atoms with Crippen LogP contribution in [0.4, 0.5) is 5.69 Å². The van der Waals surface area contributed by atoms with Crippen molar-refractivity contribution in [1.82, 2.24) is 5.32 Å². The third kappa shape index (κ3) is 1.73. The van der Waals surface area contributed by atoms with E-state index in [0.29, 0.717) is 5.56 Å². The molecule has 0 atom stereocenters. The van der Waals surface area contributed by atoms with Crippen LogP contribution in [0.3, 0.4) is 0 Å². The number of amides is 1. The molecule has 0 aliphatic carbocycles. The highest BCUT2D eigenvalue weighted by atomic mass is 16.1. The Morgan fingerprint density at radius 1 is 1.50 bits per heavy atom. The minimum atomic E-state index is -0.118. The van der Waals surface area contributed by atoms with Gasteiger partial charge in [-0.25, -0.2) is 0 Å². The van der Waals surface area contributed by atoms with Crippen LogP contribution in [-0.4, -0.2) is 13.0 Å². The molecule has 0 unspecified atom stereocenters.